The molecular weight excluding hydrogens is 406 g/mol. The summed E-state index contributed by atoms with van der Waals surface area (Å²) in [7, 11) is 0. The van der Waals surface area contributed by atoms with Gasteiger partial charge in [-0.15, -0.1) is 10.2 Å². The van der Waals surface area contributed by atoms with Crippen LogP contribution in [0.2, 0.25) is 5.02 Å². The number of halogens is 1. The Kier molecular flexibility index (Phi) is 6.49. The molecule has 6 nitrogen and oxygen atoms in total. The predicted molar refractivity (Wildman–Crippen MR) is 118 cm³/mol. The molecule has 3 aromatic rings. The minimum atomic E-state index is -0.313. The molecule has 0 saturated heterocycles. The maximum absolute atomic E-state index is 13.0. The molecule has 1 aromatic heterocycles. The van der Waals surface area contributed by atoms with Crippen LogP contribution < -0.4 is 5.84 Å². The molecule has 0 aliphatic heterocycles. The van der Waals surface area contributed by atoms with Crippen LogP contribution in [0, 0.1) is 0 Å². The minimum Gasteiger partial charge on any atom is -0.335 e. The molecule has 0 fully saturated rings. The molecule has 0 aliphatic rings. The van der Waals surface area contributed by atoms with Gasteiger partial charge in [-0.25, -0.2) is 4.68 Å². The average Bonchev–Trinajstić information content (AvgIpc) is 3.05. The van der Waals surface area contributed by atoms with E-state index in [0.29, 0.717) is 28.1 Å². The van der Waals surface area contributed by atoms with Crippen LogP contribution in [0.3, 0.4) is 0 Å². The maximum Gasteiger partial charge on any atom is 0.233 e. The highest BCUT2D eigenvalue weighted by Gasteiger charge is 2.27. The first kappa shape index (κ1) is 21.2. The number of nitrogens with two attached hydrogens (primary N) is 1. The van der Waals surface area contributed by atoms with Gasteiger partial charge in [-0.2, -0.15) is 0 Å². The van der Waals surface area contributed by atoms with Crippen LogP contribution in [0.1, 0.15) is 26.3 Å². The molecule has 29 heavy (non-hydrogen) atoms. The average molecular weight is 430 g/mol. The van der Waals surface area contributed by atoms with Crippen molar-refractivity contribution >= 4 is 29.3 Å². The van der Waals surface area contributed by atoms with Crippen LogP contribution in [-0.4, -0.2) is 37.0 Å². The van der Waals surface area contributed by atoms with E-state index in [4.69, 9.17) is 17.4 Å². The van der Waals surface area contributed by atoms with Crippen LogP contribution in [0.4, 0.5) is 0 Å². The van der Waals surface area contributed by atoms with Gasteiger partial charge in [0.25, 0.3) is 0 Å². The predicted octanol–water partition coefficient (Wildman–Crippen LogP) is 4.23. The fourth-order valence-corrected chi connectivity index (χ4v) is 3.82. The Balaban J connectivity index is 1.73. The topological polar surface area (TPSA) is 77.0 Å². The van der Waals surface area contributed by atoms with Crippen molar-refractivity contribution in [3.8, 4) is 11.4 Å². The van der Waals surface area contributed by atoms with Gasteiger partial charge in [0, 0.05) is 17.6 Å². The summed E-state index contributed by atoms with van der Waals surface area (Å²) in [5.74, 6) is 6.84. The maximum atomic E-state index is 13.0. The number of hydrogen-bond donors (Lipinski definition) is 1. The molecule has 0 radical (unpaired) electrons. The lowest BCUT2D eigenvalue weighted by Crippen LogP contribution is -2.46. The second-order valence-corrected chi connectivity index (χ2v) is 8.93. The summed E-state index contributed by atoms with van der Waals surface area (Å²) < 4.78 is 1.37. The number of nitrogen functional groups attached to an aromatic ring is 1. The molecule has 152 valence electrons. The van der Waals surface area contributed by atoms with Crippen LogP contribution >= 0.6 is 23.4 Å². The number of hydrogen-bond acceptors (Lipinski definition) is 5. The van der Waals surface area contributed by atoms with Gasteiger partial charge in [0.2, 0.25) is 11.1 Å². The fourth-order valence-electron chi connectivity index (χ4n) is 2.87. The van der Waals surface area contributed by atoms with Crippen molar-refractivity contribution in [2.24, 2.45) is 0 Å². The number of aromatic nitrogens is 3. The molecule has 1 heterocycles. The summed E-state index contributed by atoms with van der Waals surface area (Å²) in [4.78, 5) is 14.9. The third kappa shape index (κ3) is 5.10. The minimum absolute atomic E-state index is 0.00801. The van der Waals surface area contributed by atoms with Gasteiger partial charge >= 0.3 is 0 Å². The lowest BCUT2D eigenvalue weighted by Gasteiger charge is -2.36. The molecule has 1 amide bonds. The van der Waals surface area contributed by atoms with E-state index in [2.05, 4.69) is 10.2 Å². The van der Waals surface area contributed by atoms with E-state index in [1.54, 1.807) is 6.07 Å². The van der Waals surface area contributed by atoms with E-state index in [9.17, 15) is 4.79 Å². The van der Waals surface area contributed by atoms with Gasteiger partial charge in [0.1, 0.15) is 0 Å². The van der Waals surface area contributed by atoms with Gasteiger partial charge in [-0.1, -0.05) is 65.8 Å². The normalized spacial score (nSPS) is 11.4. The summed E-state index contributed by atoms with van der Waals surface area (Å²) in [5, 5.41) is 9.28. The first-order valence-corrected chi connectivity index (χ1v) is 10.6. The summed E-state index contributed by atoms with van der Waals surface area (Å²) in [6, 6.07) is 17.3. The van der Waals surface area contributed by atoms with Crippen molar-refractivity contribution in [3.63, 3.8) is 0 Å². The van der Waals surface area contributed by atoms with Crippen molar-refractivity contribution < 1.29 is 4.79 Å². The molecule has 2 N–H and O–H groups in total. The Hall–Kier alpha value is -2.51. The Bertz CT molecular complexity index is 984. The standard InChI is InChI=1S/C21H24ClN5OS/c1-21(2,3)26(13-15-9-5-4-6-10-15)18(28)14-29-20-25-24-19(27(20)23)16-11-7-8-12-17(16)22/h4-12H,13-14,23H2,1-3H3. The lowest BCUT2D eigenvalue weighted by molar-refractivity contribution is -0.133. The van der Waals surface area contributed by atoms with Crippen molar-refractivity contribution in [1.29, 1.82) is 0 Å². The highest BCUT2D eigenvalue weighted by molar-refractivity contribution is 7.99. The number of nitrogens with zero attached hydrogens (tertiary/aromatic N) is 4. The molecule has 3 rings (SSSR count). The highest BCUT2D eigenvalue weighted by Crippen LogP contribution is 2.28. The van der Waals surface area contributed by atoms with Crippen LogP contribution in [0.5, 0.6) is 0 Å². The van der Waals surface area contributed by atoms with E-state index >= 15 is 0 Å². The Labute approximate surface area is 180 Å². The van der Waals surface area contributed by atoms with E-state index in [0.717, 1.165) is 5.56 Å². The summed E-state index contributed by atoms with van der Waals surface area (Å²) in [6.45, 7) is 6.63. The molecular formula is C21H24ClN5OS. The smallest absolute Gasteiger partial charge is 0.233 e. The molecule has 8 heteroatoms. The third-order valence-electron chi connectivity index (χ3n) is 4.40. The monoisotopic (exact) mass is 429 g/mol. The second kappa shape index (κ2) is 8.88. The zero-order valence-electron chi connectivity index (χ0n) is 16.7. The van der Waals surface area contributed by atoms with Crippen molar-refractivity contribution in [1.82, 2.24) is 19.8 Å². The van der Waals surface area contributed by atoms with Crippen LogP contribution in [0.25, 0.3) is 11.4 Å². The summed E-state index contributed by atoms with van der Waals surface area (Å²) in [5.41, 5.74) is 1.47. The molecule has 0 aliphatic carbocycles. The molecule has 2 aromatic carbocycles. The molecule has 0 spiro atoms. The molecule has 0 unspecified atom stereocenters. The van der Waals surface area contributed by atoms with E-state index in [1.165, 1.54) is 16.4 Å². The summed E-state index contributed by atoms with van der Waals surface area (Å²) in [6.07, 6.45) is 0. The number of amides is 1. The van der Waals surface area contributed by atoms with Crippen LogP contribution in [-0.2, 0) is 11.3 Å². The fraction of sp³-hybridized carbons (Fsp3) is 0.286. The largest absolute Gasteiger partial charge is 0.335 e. The van der Waals surface area contributed by atoms with Crippen molar-refractivity contribution in [2.75, 3.05) is 11.6 Å². The zero-order valence-corrected chi connectivity index (χ0v) is 18.2. The van der Waals surface area contributed by atoms with Gasteiger partial charge in [0.05, 0.1) is 10.8 Å². The number of benzene rings is 2. The molecule has 0 saturated carbocycles. The second-order valence-electron chi connectivity index (χ2n) is 7.58. The van der Waals surface area contributed by atoms with E-state index in [-0.39, 0.29) is 17.2 Å². The van der Waals surface area contributed by atoms with Crippen molar-refractivity contribution in [3.05, 3.63) is 65.2 Å². The Morgan fingerprint density at radius 3 is 2.41 bits per heavy atom. The highest BCUT2D eigenvalue weighted by atomic mass is 35.5. The quantitative estimate of drug-likeness (QED) is 0.468. The van der Waals surface area contributed by atoms with Crippen molar-refractivity contribution in [2.45, 2.75) is 38.0 Å². The Morgan fingerprint density at radius 2 is 1.76 bits per heavy atom. The SMILES string of the molecule is CC(C)(C)N(Cc1ccccc1)C(=O)CSc1nnc(-c2ccccc2Cl)n1N. The Morgan fingerprint density at radius 1 is 1.10 bits per heavy atom. The number of carbonyl (C=O) groups is 1. The lowest BCUT2D eigenvalue weighted by atomic mass is 10.0. The first-order valence-electron chi connectivity index (χ1n) is 9.20. The number of rotatable bonds is 6. The summed E-state index contributed by atoms with van der Waals surface area (Å²) >= 11 is 7.49. The van der Waals surface area contributed by atoms with Gasteiger partial charge in [-0.3, -0.25) is 4.79 Å². The molecule has 0 bridgehead atoms. The van der Waals surface area contributed by atoms with E-state index < -0.39 is 0 Å². The van der Waals surface area contributed by atoms with E-state index in [1.807, 2.05) is 74.2 Å². The van der Waals surface area contributed by atoms with Gasteiger partial charge < -0.3 is 10.7 Å². The number of carbonyl (C=O) groups excluding carboxylic acids is 1. The zero-order chi connectivity index (χ0) is 21.0. The number of thioether (sulfide) groups is 1. The van der Waals surface area contributed by atoms with Gasteiger partial charge in [0.15, 0.2) is 5.82 Å². The van der Waals surface area contributed by atoms with Gasteiger partial charge in [-0.05, 0) is 38.5 Å². The molecule has 0 atom stereocenters. The van der Waals surface area contributed by atoms with Crippen LogP contribution in [0.15, 0.2) is 59.8 Å². The third-order valence-corrected chi connectivity index (χ3v) is 5.66. The first-order chi connectivity index (χ1) is 13.8.